The summed E-state index contributed by atoms with van der Waals surface area (Å²) in [5, 5.41) is 0. The SMILES string of the molecule is C[C@H]1Cc2cc(S(=O)(=O)N3CCC(C(=O)N4CCCCC4)CC3)ccc2N1C(=O)C1CC1. The molecule has 2 amide bonds. The molecule has 1 saturated carbocycles. The van der Waals surface area contributed by atoms with Gasteiger partial charge in [0.25, 0.3) is 0 Å². The average molecular weight is 460 g/mol. The molecule has 0 unspecified atom stereocenters. The van der Waals surface area contributed by atoms with Crippen molar-refractivity contribution in [2.24, 2.45) is 11.8 Å². The van der Waals surface area contributed by atoms with Crippen LogP contribution >= 0.6 is 0 Å². The average Bonchev–Trinajstić information content (AvgIpc) is 3.61. The number of likely N-dealkylation sites (tertiary alicyclic amines) is 1. The van der Waals surface area contributed by atoms with E-state index in [1.165, 1.54) is 10.7 Å². The van der Waals surface area contributed by atoms with Gasteiger partial charge in [-0.1, -0.05) is 0 Å². The van der Waals surface area contributed by atoms with Gasteiger partial charge in [-0.2, -0.15) is 4.31 Å². The summed E-state index contributed by atoms with van der Waals surface area (Å²) in [4.78, 5) is 29.6. The fourth-order valence-electron chi connectivity index (χ4n) is 5.50. The van der Waals surface area contributed by atoms with Gasteiger partial charge < -0.3 is 9.80 Å². The maximum Gasteiger partial charge on any atom is 0.243 e. The minimum absolute atomic E-state index is 0.0626. The number of hydrogen-bond donors (Lipinski definition) is 0. The lowest BCUT2D eigenvalue weighted by Crippen LogP contribution is -2.45. The third-order valence-corrected chi connectivity index (χ3v) is 9.43. The summed E-state index contributed by atoms with van der Waals surface area (Å²) in [6.45, 7) is 4.47. The van der Waals surface area contributed by atoms with Crippen LogP contribution in [0.3, 0.4) is 0 Å². The van der Waals surface area contributed by atoms with Crippen LogP contribution in [0.4, 0.5) is 5.69 Å². The maximum absolute atomic E-state index is 13.3. The zero-order valence-electron chi connectivity index (χ0n) is 18.8. The Hall–Kier alpha value is -1.93. The van der Waals surface area contributed by atoms with E-state index in [0.29, 0.717) is 37.2 Å². The molecule has 4 aliphatic rings. The number of carbonyl (C=O) groups is 2. The second kappa shape index (κ2) is 8.45. The van der Waals surface area contributed by atoms with Crippen LogP contribution in [0.25, 0.3) is 0 Å². The number of fused-ring (bicyclic) bond motifs is 1. The molecule has 2 saturated heterocycles. The van der Waals surface area contributed by atoms with Gasteiger partial charge in [-0.15, -0.1) is 0 Å². The lowest BCUT2D eigenvalue weighted by molar-refractivity contribution is -0.137. The highest BCUT2D eigenvalue weighted by Gasteiger charge is 2.40. The highest BCUT2D eigenvalue weighted by atomic mass is 32.2. The van der Waals surface area contributed by atoms with Crippen molar-refractivity contribution < 1.29 is 18.0 Å². The molecule has 1 aliphatic carbocycles. The van der Waals surface area contributed by atoms with E-state index in [2.05, 4.69) is 0 Å². The second-order valence-electron chi connectivity index (χ2n) is 9.89. The molecule has 8 heteroatoms. The molecule has 0 spiro atoms. The molecule has 3 fully saturated rings. The van der Waals surface area contributed by atoms with E-state index in [9.17, 15) is 18.0 Å². The summed E-state index contributed by atoms with van der Waals surface area (Å²) >= 11 is 0. The largest absolute Gasteiger partial charge is 0.342 e. The molecule has 1 aromatic rings. The van der Waals surface area contributed by atoms with Gasteiger partial charge in [-0.25, -0.2) is 8.42 Å². The van der Waals surface area contributed by atoms with E-state index in [0.717, 1.165) is 50.0 Å². The van der Waals surface area contributed by atoms with Crippen molar-refractivity contribution in [1.82, 2.24) is 9.21 Å². The minimum atomic E-state index is -3.61. The first-order valence-electron chi connectivity index (χ1n) is 12.1. The summed E-state index contributed by atoms with van der Waals surface area (Å²) in [5.41, 5.74) is 1.79. The van der Waals surface area contributed by atoms with Crippen molar-refractivity contribution in [3.05, 3.63) is 23.8 Å². The number of piperidine rings is 2. The monoisotopic (exact) mass is 459 g/mol. The van der Waals surface area contributed by atoms with E-state index in [1.54, 1.807) is 18.2 Å². The summed E-state index contributed by atoms with van der Waals surface area (Å²) in [7, 11) is -3.61. The van der Waals surface area contributed by atoms with Crippen LogP contribution in [-0.2, 0) is 26.0 Å². The lowest BCUT2D eigenvalue weighted by Gasteiger charge is -2.35. The standard InChI is InChI=1S/C24H33N3O4S/c1-17-15-20-16-21(7-8-22(20)27(17)24(29)18-5-6-18)32(30,31)26-13-9-19(10-14-26)23(28)25-11-3-2-4-12-25/h7-8,16-19H,2-6,9-15H2,1H3/t17-/m0/s1. The van der Waals surface area contributed by atoms with Crippen LogP contribution in [-0.4, -0.2) is 61.7 Å². The second-order valence-corrected chi connectivity index (χ2v) is 11.8. The van der Waals surface area contributed by atoms with Crippen molar-refractivity contribution >= 4 is 27.5 Å². The van der Waals surface area contributed by atoms with Gasteiger partial charge in [0.1, 0.15) is 0 Å². The number of rotatable bonds is 4. The molecule has 3 aliphatic heterocycles. The number of sulfonamides is 1. The van der Waals surface area contributed by atoms with Gasteiger partial charge in [0.15, 0.2) is 0 Å². The third-order valence-electron chi connectivity index (χ3n) is 7.54. The first-order chi connectivity index (χ1) is 15.4. The zero-order valence-corrected chi connectivity index (χ0v) is 19.6. The van der Waals surface area contributed by atoms with E-state index in [1.807, 2.05) is 16.7 Å². The van der Waals surface area contributed by atoms with E-state index >= 15 is 0 Å². The van der Waals surface area contributed by atoms with Gasteiger partial charge in [0.2, 0.25) is 21.8 Å². The number of benzene rings is 1. The molecule has 0 radical (unpaired) electrons. The Morgan fingerprint density at radius 3 is 2.19 bits per heavy atom. The van der Waals surface area contributed by atoms with E-state index in [4.69, 9.17) is 0 Å². The van der Waals surface area contributed by atoms with E-state index in [-0.39, 0.29) is 29.7 Å². The summed E-state index contributed by atoms with van der Waals surface area (Å²) in [6.07, 6.45) is 7.09. The molecule has 0 bridgehead atoms. The van der Waals surface area contributed by atoms with Crippen LogP contribution < -0.4 is 4.90 Å². The molecule has 0 N–H and O–H groups in total. The Labute approximate surface area is 190 Å². The summed E-state index contributed by atoms with van der Waals surface area (Å²) < 4.78 is 28.2. The molecule has 5 rings (SSSR count). The number of hydrogen-bond acceptors (Lipinski definition) is 4. The van der Waals surface area contributed by atoms with Gasteiger partial charge >= 0.3 is 0 Å². The quantitative estimate of drug-likeness (QED) is 0.694. The molecule has 174 valence electrons. The molecule has 7 nitrogen and oxygen atoms in total. The van der Waals surface area contributed by atoms with Crippen molar-refractivity contribution in [3.8, 4) is 0 Å². The van der Waals surface area contributed by atoms with Crippen molar-refractivity contribution in [3.63, 3.8) is 0 Å². The summed E-state index contributed by atoms with van der Waals surface area (Å²) in [5.74, 6) is 0.448. The van der Waals surface area contributed by atoms with Gasteiger partial charge in [-0.3, -0.25) is 9.59 Å². The first-order valence-corrected chi connectivity index (χ1v) is 13.5. The first kappa shape index (κ1) is 21.9. The summed E-state index contributed by atoms with van der Waals surface area (Å²) in [6, 6.07) is 5.27. The Bertz CT molecular complexity index is 1010. The molecule has 1 atom stereocenters. The molecule has 0 aromatic heterocycles. The van der Waals surface area contributed by atoms with Crippen LogP contribution in [0.2, 0.25) is 0 Å². The van der Waals surface area contributed by atoms with Crippen molar-refractivity contribution in [2.75, 3.05) is 31.1 Å². The van der Waals surface area contributed by atoms with Crippen molar-refractivity contribution in [2.45, 2.75) is 69.2 Å². The molecular formula is C24H33N3O4S. The fourth-order valence-corrected chi connectivity index (χ4v) is 7.02. The number of amides is 2. The molecule has 1 aromatic carbocycles. The van der Waals surface area contributed by atoms with Crippen molar-refractivity contribution in [1.29, 1.82) is 0 Å². The topological polar surface area (TPSA) is 78.0 Å². The maximum atomic E-state index is 13.3. The third kappa shape index (κ3) is 3.96. The molecule has 3 heterocycles. The Morgan fingerprint density at radius 1 is 0.875 bits per heavy atom. The minimum Gasteiger partial charge on any atom is -0.342 e. The lowest BCUT2D eigenvalue weighted by atomic mass is 9.95. The number of anilines is 1. The fraction of sp³-hybridized carbons (Fsp3) is 0.667. The Morgan fingerprint density at radius 2 is 1.53 bits per heavy atom. The highest BCUT2D eigenvalue weighted by molar-refractivity contribution is 7.89. The number of carbonyl (C=O) groups excluding carboxylic acids is 2. The Balaban J connectivity index is 1.27. The zero-order chi connectivity index (χ0) is 22.5. The van der Waals surface area contributed by atoms with Gasteiger partial charge in [-0.05, 0) is 82.1 Å². The number of nitrogens with zero attached hydrogens (tertiary/aromatic N) is 3. The normalized spacial score (nSPS) is 25.1. The van der Waals surface area contributed by atoms with E-state index < -0.39 is 10.0 Å². The Kier molecular flexibility index (Phi) is 5.78. The smallest absolute Gasteiger partial charge is 0.243 e. The van der Waals surface area contributed by atoms with Crippen LogP contribution in [0.1, 0.15) is 57.4 Å². The van der Waals surface area contributed by atoms with Crippen LogP contribution in [0.15, 0.2) is 23.1 Å². The van der Waals surface area contributed by atoms with Gasteiger partial charge in [0.05, 0.1) is 4.90 Å². The predicted octanol–water partition coefficient (Wildman–Crippen LogP) is 2.79. The molecule has 32 heavy (non-hydrogen) atoms. The van der Waals surface area contributed by atoms with Gasteiger partial charge in [0, 0.05) is 49.7 Å². The molecular weight excluding hydrogens is 426 g/mol. The van der Waals surface area contributed by atoms with Crippen LogP contribution in [0.5, 0.6) is 0 Å². The highest BCUT2D eigenvalue weighted by Crippen LogP contribution is 2.40. The predicted molar refractivity (Wildman–Crippen MR) is 122 cm³/mol. The van der Waals surface area contributed by atoms with Crippen LogP contribution in [0, 0.1) is 11.8 Å².